The first kappa shape index (κ1) is 12.3. The van der Waals surface area contributed by atoms with Gasteiger partial charge in [0.2, 0.25) is 0 Å². The van der Waals surface area contributed by atoms with E-state index in [2.05, 4.69) is 5.32 Å². The number of nitrogens with one attached hydrogen (secondary N) is 1. The second-order valence-electron chi connectivity index (χ2n) is 3.30. The number of ether oxygens (including phenoxy) is 1. The molecule has 1 aromatic carbocycles. The fourth-order valence-corrected chi connectivity index (χ4v) is 1.44. The molecule has 0 aromatic heterocycles. The zero-order valence-corrected chi connectivity index (χ0v) is 9.64. The van der Waals surface area contributed by atoms with E-state index in [0.29, 0.717) is 23.9 Å². The van der Waals surface area contributed by atoms with E-state index in [4.69, 9.17) is 16.3 Å². The molecule has 0 bridgehead atoms. The minimum absolute atomic E-state index is 0.0272. The number of rotatable bonds is 5. The molecule has 0 radical (unpaired) electrons. The number of benzene rings is 1. The van der Waals surface area contributed by atoms with Crippen LogP contribution in [0.5, 0.6) is 0 Å². The standard InChI is InChI=1S/C11H15ClFNO/c1-3-15-7-8(2)14-11-9(12)5-4-6-10(11)13/h4-6,8,14H,3,7H2,1-2H3. The smallest absolute Gasteiger partial charge is 0.147 e. The van der Waals surface area contributed by atoms with Gasteiger partial charge >= 0.3 is 0 Å². The van der Waals surface area contributed by atoms with E-state index >= 15 is 0 Å². The normalized spacial score (nSPS) is 12.5. The predicted molar refractivity (Wildman–Crippen MR) is 61.0 cm³/mol. The topological polar surface area (TPSA) is 21.3 Å². The van der Waals surface area contributed by atoms with E-state index in [0.717, 1.165) is 0 Å². The lowest BCUT2D eigenvalue weighted by molar-refractivity contribution is 0.141. The largest absolute Gasteiger partial charge is 0.380 e. The van der Waals surface area contributed by atoms with Crippen molar-refractivity contribution < 1.29 is 9.13 Å². The Morgan fingerprint density at radius 3 is 2.87 bits per heavy atom. The van der Waals surface area contributed by atoms with Crippen molar-refractivity contribution in [3.05, 3.63) is 29.0 Å². The average Bonchev–Trinajstić information content (AvgIpc) is 2.21. The maximum Gasteiger partial charge on any atom is 0.147 e. The summed E-state index contributed by atoms with van der Waals surface area (Å²) in [5.74, 6) is -0.342. The van der Waals surface area contributed by atoms with Crippen LogP contribution in [0.3, 0.4) is 0 Å². The molecule has 0 spiro atoms. The lowest BCUT2D eigenvalue weighted by Crippen LogP contribution is -2.22. The number of para-hydroxylation sites is 1. The maximum absolute atomic E-state index is 13.3. The summed E-state index contributed by atoms with van der Waals surface area (Å²) in [6, 6.07) is 4.64. The Bertz CT molecular complexity index is 299. The van der Waals surface area contributed by atoms with E-state index in [1.165, 1.54) is 6.07 Å². The SMILES string of the molecule is CCOCC(C)Nc1c(F)cccc1Cl. The van der Waals surface area contributed by atoms with Gasteiger partial charge in [-0.2, -0.15) is 0 Å². The number of halogens is 2. The van der Waals surface area contributed by atoms with Crippen molar-refractivity contribution in [1.82, 2.24) is 0 Å². The highest BCUT2D eigenvalue weighted by molar-refractivity contribution is 6.33. The number of hydrogen-bond acceptors (Lipinski definition) is 2. The van der Waals surface area contributed by atoms with E-state index in [1.54, 1.807) is 12.1 Å². The van der Waals surface area contributed by atoms with Crippen LogP contribution in [0.4, 0.5) is 10.1 Å². The fourth-order valence-electron chi connectivity index (χ4n) is 1.22. The summed E-state index contributed by atoms with van der Waals surface area (Å²) in [5, 5.41) is 3.37. The van der Waals surface area contributed by atoms with Crippen LogP contribution in [0.25, 0.3) is 0 Å². The highest BCUT2D eigenvalue weighted by Gasteiger charge is 2.09. The molecule has 0 aliphatic rings. The summed E-state index contributed by atoms with van der Waals surface area (Å²) in [5.41, 5.74) is 0.339. The molecule has 1 atom stereocenters. The molecule has 0 saturated carbocycles. The molecule has 0 aliphatic heterocycles. The highest BCUT2D eigenvalue weighted by Crippen LogP contribution is 2.25. The van der Waals surface area contributed by atoms with Gasteiger partial charge in [0.25, 0.3) is 0 Å². The van der Waals surface area contributed by atoms with Crippen molar-refractivity contribution in [2.75, 3.05) is 18.5 Å². The minimum Gasteiger partial charge on any atom is -0.380 e. The summed E-state index contributed by atoms with van der Waals surface area (Å²) in [6.45, 7) is 5.01. The van der Waals surface area contributed by atoms with Crippen LogP contribution in [0.15, 0.2) is 18.2 Å². The van der Waals surface area contributed by atoms with Crippen LogP contribution in [0.2, 0.25) is 5.02 Å². The quantitative estimate of drug-likeness (QED) is 0.840. The minimum atomic E-state index is -0.342. The van der Waals surface area contributed by atoms with Crippen LogP contribution < -0.4 is 5.32 Å². The van der Waals surface area contributed by atoms with Gasteiger partial charge in [0.1, 0.15) is 5.82 Å². The third-order valence-electron chi connectivity index (χ3n) is 1.93. The zero-order chi connectivity index (χ0) is 11.3. The Hall–Kier alpha value is -0.800. The molecule has 1 N–H and O–H groups in total. The van der Waals surface area contributed by atoms with Crippen molar-refractivity contribution in [2.45, 2.75) is 19.9 Å². The van der Waals surface area contributed by atoms with Crippen molar-refractivity contribution in [1.29, 1.82) is 0 Å². The van der Waals surface area contributed by atoms with Gasteiger partial charge in [-0.25, -0.2) is 4.39 Å². The lowest BCUT2D eigenvalue weighted by atomic mass is 10.2. The molecule has 0 saturated heterocycles. The maximum atomic E-state index is 13.3. The lowest BCUT2D eigenvalue weighted by Gasteiger charge is -2.16. The third-order valence-corrected chi connectivity index (χ3v) is 2.24. The zero-order valence-electron chi connectivity index (χ0n) is 8.89. The first-order valence-electron chi connectivity index (χ1n) is 4.93. The molecule has 4 heteroatoms. The molecule has 84 valence electrons. The van der Waals surface area contributed by atoms with E-state index in [1.807, 2.05) is 13.8 Å². The summed E-state index contributed by atoms with van der Waals surface area (Å²) in [6.07, 6.45) is 0. The van der Waals surface area contributed by atoms with Gasteiger partial charge < -0.3 is 10.1 Å². The van der Waals surface area contributed by atoms with Crippen LogP contribution in [0.1, 0.15) is 13.8 Å². The van der Waals surface area contributed by atoms with Crippen LogP contribution in [-0.4, -0.2) is 19.3 Å². The van der Waals surface area contributed by atoms with Gasteiger partial charge in [0, 0.05) is 12.6 Å². The molecule has 15 heavy (non-hydrogen) atoms. The predicted octanol–water partition coefficient (Wildman–Crippen LogP) is 3.32. The Morgan fingerprint density at radius 2 is 2.27 bits per heavy atom. The average molecular weight is 232 g/mol. The van der Waals surface area contributed by atoms with Crippen molar-refractivity contribution >= 4 is 17.3 Å². The molecule has 0 aliphatic carbocycles. The fraction of sp³-hybridized carbons (Fsp3) is 0.455. The second kappa shape index (κ2) is 5.93. The second-order valence-corrected chi connectivity index (χ2v) is 3.71. The third kappa shape index (κ3) is 3.68. The summed E-state index contributed by atoms with van der Waals surface area (Å²) < 4.78 is 18.6. The van der Waals surface area contributed by atoms with Gasteiger partial charge in [-0.05, 0) is 26.0 Å². The number of anilines is 1. The molecular formula is C11H15ClFNO. The Balaban J connectivity index is 2.63. The van der Waals surface area contributed by atoms with Gasteiger partial charge in [-0.3, -0.25) is 0 Å². The molecule has 1 aromatic rings. The molecule has 2 nitrogen and oxygen atoms in total. The van der Waals surface area contributed by atoms with Crippen LogP contribution in [0, 0.1) is 5.82 Å². The summed E-state index contributed by atoms with van der Waals surface area (Å²) in [7, 11) is 0. The van der Waals surface area contributed by atoms with E-state index < -0.39 is 0 Å². The summed E-state index contributed by atoms with van der Waals surface area (Å²) in [4.78, 5) is 0. The van der Waals surface area contributed by atoms with Gasteiger partial charge in [-0.15, -0.1) is 0 Å². The molecule has 0 fully saturated rings. The van der Waals surface area contributed by atoms with Gasteiger partial charge in [0.05, 0.1) is 17.3 Å². The number of hydrogen-bond donors (Lipinski definition) is 1. The molecular weight excluding hydrogens is 217 g/mol. The first-order chi connectivity index (χ1) is 7.15. The molecule has 0 heterocycles. The van der Waals surface area contributed by atoms with Crippen LogP contribution >= 0.6 is 11.6 Å². The van der Waals surface area contributed by atoms with Gasteiger partial charge in [-0.1, -0.05) is 17.7 Å². The van der Waals surface area contributed by atoms with Crippen LogP contribution in [-0.2, 0) is 4.74 Å². The van der Waals surface area contributed by atoms with Crippen molar-refractivity contribution in [3.8, 4) is 0 Å². The van der Waals surface area contributed by atoms with E-state index in [9.17, 15) is 4.39 Å². The van der Waals surface area contributed by atoms with Crippen molar-refractivity contribution in [3.63, 3.8) is 0 Å². The summed E-state index contributed by atoms with van der Waals surface area (Å²) >= 11 is 5.86. The monoisotopic (exact) mass is 231 g/mol. The Kier molecular flexibility index (Phi) is 4.85. The first-order valence-corrected chi connectivity index (χ1v) is 5.31. The Morgan fingerprint density at radius 1 is 1.53 bits per heavy atom. The molecule has 1 rings (SSSR count). The highest BCUT2D eigenvalue weighted by atomic mass is 35.5. The molecule has 1 unspecified atom stereocenters. The van der Waals surface area contributed by atoms with E-state index in [-0.39, 0.29) is 11.9 Å². The van der Waals surface area contributed by atoms with Gasteiger partial charge in [0.15, 0.2) is 0 Å². The van der Waals surface area contributed by atoms with Crippen molar-refractivity contribution in [2.24, 2.45) is 0 Å². The Labute approximate surface area is 94.4 Å². The molecule has 0 amide bonds.